The van der Waals surface area contributed by atoms with Crippen LogP contribution in [0.15, 0.2) is 43.0 Å². The Hall–Kier alpha value is -3.96. The van der Waals surface area contributed by atoms with Crippen molar-refractivity contribution in [3.63, 3.8) is 0 Å². The Labute approximate surface area is 206 Å². The molecule has 1 amide bonds. The first-order chi connectivity index (χ1) is 17.7. The molecule has 2 aliphatic rings. The maximum atomic E-state index is 14.2. The lowest BCUT2D eigenvalue weighted by molar-refractivity contribution is -0.135. The lowest BCUT2D eigenvalue weighted by Crippen LogP contribution is -2.38. The molecule has 1 aromatic carbocycles. The molecule has 7 nitrogen and oxygen atoms in total. The van der Waals surface area contributed by atoms with Crippen molar-refractivity contribution in [1.82, 2.24) is 24.3 Å². The summed E-state index contributed by atoms with van der Waals surface area (Å²) in [6, 6.07) is 3.44. The number of carbonyl (C=O) groups is 1. The van der Waals surface area contributed by atoms with E-state index >= 15 is 0 Å². The molecule has 1 aliphatic carbocycles. The SMILES string of the molecule is O=C1Nc2nc(-c3cn4ccnc4c(CCCC(F)(F)F)n3)ncc2C1(c1ccc(F)c(F)c1)C1CC1. The zero-order valence-corrected chi connectivity index (χ0v) is 19.2. The van der Waals surface area contributed by atoms with E-state index in [1.165, 1.54) is 18.5 Å². The molecule has 0 bridgehead atoms. The van der Waals surface area contributed by atoms with Crippen molar-refractivity contribution in [2.24, 2.45) is 5.92 Å². The van der Waals surface area contributed by atoms with Crippen molar-refractivity contribution in [1.29, 1.82) is 0 Å². The molecule has 6 rings (SSSR count). The van der Waals surface area contributed by atoms with Gasteiger partial charge in [0.1, 0.15) is 16.9 Å². The van der Waals surface area contributed by atoms with E-state index in [0.29, 0.717) is 28.2 Å². The highest BCUT2D eigenvalue weighted by Crippen LogP contribution is 2.56. The lowest BCUT2D eigenvalue weighted by Gasteiger charge is -2.27. The fourth-order valence-corrected chi connectivity index (χ4v) is 5.13. The Morgan fingerprint density at radius 3 is 2.65 bits per heavy atom. The predicted molar refractivity (Wildman–Crippen MR) is 121 cm³/mol. The first-order valence-corrected chi connectivity index (χ1v) is 11.7. The van der Waals surface area contributed by atoms with Gasteiger partial charge in [-0.1, -0.05) is 6.07 Å². The van der Waals surface area contributed by atoms with Crippen LogP contribution < -0.4 is 5.32 Å². The average Bonchev–Trinajstić information content (AvgIpc) is 3.49. The van der Waals surface area contributed by atoms with Gasteiger partial charge >= 0.3 is 6.18 Å². The van der Waals surface area contributed by atoms with Crippen LogP contribution in [0.5, 0.6) is 0 Å². The summed E-state index contributed by atoms with van der Waals surface area (Å²) in [5.74, 6) is -2.18. The van der Waals surface area contributed by atoms with Crippen molar-refractivity contribution in [2.75, 3.05) is 5.32 Å². The van der Waals surface area contributed by atoms with Crippen LogP contribution in [0.3, 0.4) is 0 Å². The van der Waals surface area contributed by atoms with Crippen LogP contribution in [0.25, 0.3) is 17.2 Å². The lowest BCUT2D eigenvalue weighted by atomic mass is 9.72. The number of anilines is 1. The highest BCUT2D eigenvalue weighted by Gasteiger charge is 2.58. The minimum atomic E-state index is -4.27. The number of carbonyl (C=O) groups excluding carboxylic acids is 1. The number of fused-ring (bicyclic) bond motifs is 2. The van der Waals surface area contributed by atoms with Gasteiger partial charge in [-0.3, -0.25) is 4.79 Å². The summed E-state index contributed by atoms with van der Waals surface area (Å²) in [5.41, 5.74) is 0.643. The molecule has 37 heavy (non-hydrogen) atoms. The molecule has 12 heteroatoms. The van der Waals surface area contributed by atoms with Gasteiger partial charge in [0, 0.05) is 36.8 Å². The second kappa shape index (κ2) is 8.29. The largest absolute Gasteiger partial charge is 0.389 e. The number of aromatic nitrogens is 5. The van der Waals surface area contributed by atoms with E-state index in [-0.39, 0.29) is 30.4 Å². The molecule has 1 unspecified atom stereocenters. The summed E-state index contributed by atoms with van der Waals surface area (Å²) in [4.78, 5) is 31.0. The molecule has 4 heterocycles. The fourth-order valence-electron chi connectivity index (χ4n) is 5.13. The Morgan fingerprint density at radius 2 is 1.92 bits per heavy atom. The van der Waals surface area contributed by atoms with E-state index < -0.39 is 35.6 Å². The first-order valence-electron chi connectivity index (χ1n) is 11.7. The minimum Gasteiger partial charge on any atom is -0.309 e. The van der Waals surface area contributed by atoms with Crippen LogP contribution in [-0.2, 0) is 16.6 Å². The number of nitrogens with one attached hydrogen (secondary N) is 1. The molecule has 4 aromatic rings. The van der Waals surface area contributed by atoms with Crippen LogP contribution in [0, 0.1) is 17.6 Å². The molecule has 0 radical (unpaired) electrons. The van der Waals surface area contributed by atoms with Gasteiger partial charge in [0.05, 0.1) is 5.69 Å². The van der Waals surface area contributed by atoms with Crippen LogP contribution in [-0.4, -0.2) is 36.4 Å². The van der Waals surface area contributed by atoms with Gasteiger partial charge < -0.3 is 9.72 Å². The summed E-state index contributed by atoms with van der Waals surface area (Å²) in [6.45, 7) is 0. The predicted octanol–water partition coefficient (Wildman–Crippen LogP) is 5.00. The van der Waals surface area contributed by atoms with E-state index in [1.807, 2.05) is 0 Å². The van der Waals surface area contributed by atoms with E-state index in [2.05, 4.69) is 25.3 Å². The van der Waals surface area contributed by atoms with Crippen molar-refractivity contribution in [3.8, 4) is 11.5 Å². The minimum absolute atomic E-state index is 0.0520. The smallest absolute Gasteiger partial charge is 0.309 e. The molecular formula is C25H19F5N6O. The van der Waals surface area contributed by atoms with E-state index in [0.717, 1.165) is 25.0 Å². The normalized spacial score (nSPS) is 19.3. The Morgan fingerprint density at radius 1 is 1.11 bits per heavy atom. The van der Waals surface area contributed by atoms with Gasteiger partial charge in [-0.25, -0.2) is 28.7 Å². The molecule has 0 spiro atoms. The van der Waals surface area contributed by atoms with Crippen molar-refractivity contribution >= 4 is 17.4 Å². The highest BCUT2D eigenvalue weighted by atomic mass is 19.4. The fraction of sp³-hybridized carbons (Fsp3) is 0.320. The number of hydrogen-bond acceptors (Lipinski definition) is 5. The third kappa shape index (κ3) is 3.91. The molecule has 1 fully saturated rings. The topological polar surface area (TPSA) is 85.1 Å². The van der Waals surface area contributed by atoms with E-state index in [9.17, 15) is 26.7 Å². The monoisotopic (exact) mass is 514 g/mol. The third-order valence-electron chi connectivity index (χ3n) is 6.91. The molecule has 190 valence electrons. The summed E-state index contributed by atoms with van der Waals surface area (Å²) < 4.78 is 67.4. The van der Waals surface area contributed by atoms with E-state index in [4.69, 9.17) is 0 Å². The molecule has 1 atom stereocenters. The van der Waals surface area contributed by atoms with Crippen molar-refractivity contribution in [2.45, 2.75) is 43.7 Å². The van der Waals surface area contributed by atoms with Crippen LogP contribution in [0.4, 0.5) is 27.8 Å². The summed E-state index contributed by atoms with van der Waals surface area (Å²) in [7, 11) is 0. The molecule has 1 aliphatic heterocycles. The van der Waals surface area contributed by atoms with Crippen LogP contribution in [0.2, 0.25) is 0 Å². The van der Waals surface area contributed by atoms with Gasteiger partial charge in [-0.15, -0.1) is 0 Å². The van der Waals surface area contributed by atoms with Gasteiger partial charge in [0.2, 0.25) is 5.91 Å². The number of aryl methyl sites for hydroxylation is 1. The Bertz CT molecular complexity index is 1550. The zero-order valence-electron chi connectivity index (χ0n) is 19.2. The number of amides is 1. The van der Waals surface area contributed by atoms with Gasteiger partial charge in [0.25, 0.3) is 0 Å². The Balaban J connectivity index is 1.40. The zero-order chi connectivity index (χ0) is 25.9. The quantitative estimate of drug-likeness (QED) is 0.366. The standard InChI is InChI=1S/C25H19F5N6O/c26-16-6-5-14(10-17(16)27)25(13-3-4-13)15-11-32-21(34-20(15)35-23(25)37)19-12-36-9-8-31-22(36)18(33-19)2-1-7-24(28,29)30/h5-6,8-13H,1-4,7H2,(H,32,34,35,37). The van der Waals surface area contributed by atoms with Crippen molar-refractivity contribution < 1.29 is 26.7 Å². The summed E-state index contributed by atoms with van der Waals surface area (Å²) in [6.07, 6.45) is 2.40. The number of imidazole rings is 1. The van der Waals surface area contributed by atoms with E-state index in [1.54, 1.807) is 16.8 Å². The second-order valence-electron chi connectivity index (χ2n) is 9.32. The third-order valence-corrected chi connectivity index (χ3v) is 6.91. The highest BCUT2D eigenvalue weighted by molar-refractivity contribution is 6.08. The number of hydrogen-bond donors (Lipinski definition) is 1. The number of nitrogens with zero attached hydrogens (tertiary/aromatic N) is 5. The molecule has 0 saturated heterocycles. The number of rotatable bonds is 6. The number of halogens is 5. The molecule has 1 N–H and O–H groups in total. The first kappa shape index (κ1) is 23.4. The summed E-state index contributed by atoms with van der Waals surface area (Å²) in [5, 5.41) is 2.77. The maximum absolute atomic E-state index is 14.2. The molecule has 1 saturated carbocycles. The molecule has 3 aromatic heterocycles. The number of alkyl halides is 3. The number of benzene rings is 1. The van der Waals surface area contributed by atoms with Gasteiger partial charge in [-0.05, 0) is 49.3 Å². The van der Waals surface area contributed by atoms with Gasteiger partial charge in [-0.2, -0.15) is 13.2 Å². The summed E-state index contributed by atoms with van der Waals surface area (Å²) >= 11 is 0. The van der Waals surface area contributed by atoms with Crippen LogP contribution in [0.1, 0.15) is 42.5 Å². The average molecular weight is 514 g/mol. The van der Waals surface area contributed by atoms with Crippen LogP contribution >= 0.6 is 0 Å². The molecular weight excluding hydrogens is 495 g/mol. The van der Waals surface area contributed by atoms with Crippen molar-refractivity contribution in [3.05, 3.63) is 71.4 Å². The van der Waals surface area contributed by atoms with Gasteiger partial charge in [0.15, 0.2) is 23.1 Å². The second-order valence-corrected chi connectivity index (χ2v) is 9.32. The maximum Gasteiger partial charge on any atom is 0.389 e. The Kier molecular flexibility index (Phi) is 5.25.